The minimum Gasteiger partial charge on any atom is -0.309 e. The molecule has 1 aromatic heterocycles. The highest BCUT2D eigenvalue weighted by atomic mass is 14.9. The molecule has 2 aromatic rings. The maximum absolute atomic E-state index is 4.42. The topological polar surface area (TPSA) is 24.9 Å². The van der Waals surface area contributed by atoms with Gasteiger partial charge in [0.2, 0.25) is 0 Å². The number of aromatic nitrogens is 1. The molecule has 1 aromatic carbocycles. The van der Waals surface area contributed by atoms with Crippen LogP contribution in [0.3, 0.4) is 0 Å². The van der Waals surface area contributed by atoms with Crippen molar-refractivity contribution in [3.63, 3.8) is 0 Å². The van der Waals surface area contributed by atoms with Gasteiger partial charge in [-0.2, -0.15) is 0 Å². The molecule has 2 heteroatoms. The molecule has 0 bridgehead atoms. The lowest BCUT2D eigenvalue weighted by Crippen LogP contribution is -2.33. The predicted octanol–water partition coefficient (Wildman–Crippen LogP) is 4.32. The molecule has 0 amide bonds. The van der Waals surface area contributed by atoms with Crippen LogP contribution in [0.4, 0.5) is 0 Å². The molecule has 2 nitrogen and oxygen atoms in total. The quantitative estimate of drug-likeness (QED) is 0.881. The van der Waals surface area contributed by atoms with Crippen LogP contribution in [0.5, 0.6) is 0 Å². The Balaban J connectivity index is 2.49. The molecule has 0 fully saturated rings. The Kier molecular flexibility index (Phi) is 4.20. The van der Waals surface area contributed by atoms with Gasteiger partial charge in [0.25, 0.3) is 0 Å². The molecule has 0 aliphatic heterocycles. The Morgan fingerprint density at radius 2 is 1.89 bits per heavy atom. The van der Waals surface area contributed by atoms with E-state index in [1.807, 2.05) is 12.4 Å². The highest BCUT2D eigenvalue weighted by molar-refractivity contribution is 5.85. The molecule has 1 N–H and O–H groups in total. The van der Waals surface area contributed by atoms with Crippen LogP contribution in [-0.4, -0.2) is 11.5 Å². The first-order valence-electron chi connectivity index (χ1n) is 7.10. The highest BCUT2D eigenvalue weighted by Crippen LogP contribution is 2.35. The molecular formula is C17H24N2. The summed E-state index contributed by atoms with van der Waals surface area (Å²) in [5, 5.41) is 6.20. The summed E-state index contributed by atoms with van der Waals surface area (Å²) in [6.45, 7) is 10.1. The van der Waals surface area contributed by atoms with Gasteiger partial charge >= 0.3 is 0 Å². The zero-order valence-electron chi connectivity index (χ0n) is 12.4. The van der Waals surface area contributed by atoms with Crippen LogP contribution < -0.4 is 5.32 Å². The molecule has 1 unspecified atom stereocenters. The van der Waals surface area contributed by atoms with Crippen molar-refractivity contribution in [1.29, 1.82) is 0 Å². The Bertz CT molecular complexity index is 535. The van der Waals surface area contributed by atoms with Gasteiger partial charge in [0.15, 0.2) is 0 Å². The number of rotatable bonds is 4. The fourth-order valence-electron chi connectivity index (χ4n) is 2.54. The van der Waals surface area contributed by atoms with Crippen molar-refractivity contribution in [2.24, 2.45) is 5.41 Å². The molecule has 1 heterocycles. The fourth-order valence-corrected chi connectivity index (χ4v) is 2.54. The second-order valence-corrected chi connectivity index (χ2v) is 6.20. The first-order chi connectivity index (χ1) is 9.04. The van der Waals surface area contributed by atoms with E-state index in [0.29, 0.717) is 6.04 Å². The molecule has 0 saturated carbocycles. The second-order valence-electron chi connectivity index (χ2n) is 6.20. The minimum atomic E-state index is 0.168. The van der Waals surface area contributed by atoms with Crippen LogP contribution >= 0.6 is 0 Å². The maximum Gasteiger partial charge on any atom is 0.0390 e. The first-order valence-corrected chi connectivity index (χ1v) is 7.10. The predicted molar refractivity (Wildman–Crippen MR) is 82.2 cm³/mol. The smallest absolute Gasteiger partial charge is 0.0390 e. The monoisotopic (exact) mass is 256 g/mol. The number of pyridine rings is 1. The van der Waals surface area contributed by atoms with E-state index in [9.17, 15) is 0 Å². The van der Waals surface area contributed by atoms with Gasteiger partial charge in [0, 0.05) is 23.8 Å². The molecule has 0 aliphatic carbocycles. The van der Waals surface area contributed by atoms with Gasteiger partial charge in [-0.1, -0.05) is 52.0 Å². The van der Waals surface area contributed by atoms with E-state index in [-0.39, 0.29) is 5.41 Å². The molecule has 0 spiro atoms. The van der Waals surface area contributed by atoms with E-state index in [4.69, 9.17) is 0 Å². The number of hydrogen-bond donors (Lipinski definition) is 1. The summed E-state index contributed by atoms with van der Waals surface area (Å²) < 4.78 is 0. The van der Waals surface area contributed by atoms with Crippen LogP contribution in [0.1, 0.15) is 45.7 Å². The Morgan fingerprint density at radius 3 is 2.58 bits per heavy atom. The van der Waals surface area contributed by atoms with Crippen LogP contribution in [0.2, 0.25) is 0 Å². The van der Waals surface area contributed by atoms with E-state index in [0.717, 1.165) is 13.0 Å². The Labute approximate surface area is 116 Å². The van der Waals surface area contributed by atoms with Crippen molar-refractivity contribution in [3.05, 3.63) is 42.2 Å². The third-order valence-electron chi connectivity index (χ3n) is 3.47. The fraction of sp³-hybridized carbons (Fsp3) is 0.471. The average molecular weight is 256 g/mol. The van der Waals surface area contributed by atoms with Gasteiger partial charge in [0.1, 0.15) is 0 Å². The maximum atomic E-state index is 4.42. The lowest BCUT2D eigenvalue weighted by atomic mass is 9.81. The van der Waals surface area contributed by atoms with E-state index in [1.54, 1.807) is 0 Å². The van der Waals surface area contributed by atoms with Gasteiger partial charge in [-0.05, 0) is 29.3 Å². The molecule has 0 aliphatic rings. The third kappa shape index (κ3) is 3.13. The van der Waals surface area contributed by atoms with Gasteiger partial charge in [0.05, 0.1) is 0 Å². The number of nitrogens with one attached hydrogen (secondary N) is 1. The second kappa shape index (κ2) is 5.70. The first kappa shape index (κ1) is 14.0. The van der Waals surface area contributed by atoms with Gasteiger partial charge in [-0.15, -0.1) is 0 Å². The van der Waals surface area contributed by atoms with Crippen molar-refractivity contribution in [1.82, 2.24) is 10.3 Å². The molecule has 1 atom stereocenters. The molecule has 0 saturated heterocycles. The van der Waals surface area contributed by atoms with Gasteiger partial charge in [-0.3, -0.25) is 4.98 Å². The van der Waals surface area contributed by atoms with Crippen LogP contribution in [0.15, 0.2) is 36.7 Å². The van der Waals surface area contributed by atoms with Crippen molar-refractivity contribution in [2.45, 2.75) is 40.2 Å². The minimum absolute atomic E-state index is 0.168. The van der Waals surface area contributed by atoms with Crippen LogP contribution in [0.25, 0.3) is 10.8 Å². The van der Waals surface area contributed by atoms with Crippen molar-refractivity contribution < 1.29 is 0 Å². The van der Waals surface area contributed by atoms with Crippen LogP contribution in [0, 0.1) is 5.41 Å². The van der Waals surface area contributed by atoms with Crippen LogP contribution in [-0.2, 0) is 0 Å². The molecule has 2 rings (SSSR count). The summed E-state index contributed by atoms with van der Waals surface area (Å²) in [4.78, 5) is 4.42. The number of benzene rings is 1. The van der Waals surface area contributed by atoms with E-state index in [2.05, 4.69) is 62.3 Å². The SMILES string of the molecule is CCCNC(c1cncc2ccccc12)C(C)(C)C. The van der Waals surface area contributed by atoms with Crippen molar-refractivity contribution in [2.75, 3.05) is 6.54 Å². The van der Waals surface area contributed by atoms with Crippen molar-refractivity contribution >= 4 is 10.8 Å². The summed E-state index contributed by atoms with van der Waals surface area (Å²) in [5.74, 6) is 0. The average Bonchev–Trinajstić information content (AvgIpc) is 2.38. The Hall–Kier alpha value is -1.41. The zero-order valence-corrected chi connectivity index (χ0v) is 12.4. The van der Waals surface area contributed by atoms with E-state index in [1.165, 1.54) is 16.3 Å². The summed E-state index contributed by atoms with van der Waals surface area (Å²) in [6, 6.07) is 8.82. The largest absolute Gasteiger partial charge is 0.309 e. The number of fused-ring (bicyclic) bond motifs is 1. The summed E-state index contributed by atoms with van der Waals surface area (Å²) >= 11 is 0. The highest BCUT2D eigenvalue weighted by Gasteiger charge is 2.27. The summed E-state index contributed by atoms with van der Waals surface area (Å²) in [5.41, 5.74) is 1.47. The van der Waals surface area contributed by atoms with E-state index >= 15 is 0 Å². The lowest BCUT2D eigenvalue weighted by molar-refractivity contribution is 0.274. The van der Waals surface area contributed by atoms with E-state index < -0.39 is 0 Å². The molecule has 102 valence electrons. The lowest BCUT2D eigenvalue weighted by Gasteiger charge is -2.32. The summed E-state index contributed by atoms with van der Waals surface area (Å²) in [7, 11) is 0. The number of nitrogens with zero attached hydrogens (tertiary/aromatic N) is 1. The summed E-state index contributed by atoms with van der Waals surface area (Å²) in [6.07, 6.45) is 5.10. The zero-order chi connectivity index (χ0) is 13.9. The van der Waals surface area contributed by atoms with Crippen molar-refractivity contribution in [3.8, 4) is 0 Å². The third-order valence-corrected chi connectivity index (χ3v) is 3.47. The van der Waals surface area contributed by atoms with Gasteiger partial charge in [-0.25, -0.2) is 0 Å². The molecule has 0 radical (unpaired) electrons. The number of hydrogen-bond acceptors (Lipinski definition) is 2. The van der Waals surface area contributed by atoms with Gasteiger partial charge < -0.3 is 5.32 Å². The molecule has 19 heavy (non-hydrogen) atoms. The standard InChI is InChI=1S/C17H24N2/c1-5-10-19-16(17(2,3)4)15-12-18-11-13-8-6-7-9-14(13)15/h6-9,11-12,16,19H,5,10H2,1-4H3. The molecular weight excluding hydrogens is 232 g/mol. The Morgan fingerprint density at radius 1 is 1.16 bits per heavy atom. The normalized spacial score (nSPS) is 13.7.